The van der Waals surface area contributed by atoms with Gasteiger partial charge in [-0.25, -0.2) is 0 Å². The van der Waals surface area contributed by atoms with Crippen LogP contribution >= 0.6 is 0 Å². The highest BCUT2D eigenvalue weighted by Crippen LogP contribution is 2.35. The summed E-state index contributed by atoms with van der Waals surface area (Å²) in [5, 5.41) is 5.49. The van der Waals surface area contributed by atoms with Crippen molar-refractivity contribution in [2.45, 2.75) is 38.0 Å². The van der Waals surface area contributed by atoms with Crippen molar-refractivity contribution in [3.05, 3.63) is 35.3 Å². The zero-order valence-corrected chi connectivity index (χ0v) is 13.0. The Labute approximate surface area is 134 Å². The third-order valence-corrected chi connectivity index (χ3v) is 5.10. The van der Waals surface area contributed by atoms with E-state index in [2.05, 4.69) is 33.3 Å². The SMILES string of the molecule is c1cc(-c2nc(C3CCOC3)no2)c2[nH]c3c(c2c1)CCCC3. The highest BCUT2D eigenvalue weighted by atomic mass is 16.5. The van der Waals surface area contributed by atoms with E-state index < -0.39 is 0 Å². The van der Waals surface area contributed by atoms with Crippen LogP contribution in [-0.4, -0.2) is 28.3 Å². The van der Waals surface area contributed by atoms with Crippen molar-refractivity contribution in [2.24, 2.45) is 0 Å². The minimum absolute atomic E-state index is 0.267. The molecule has 0 saturated carbocycles. The number of rotatable bonds is 2. The summed E-state index contributed by atoms with van der Waals surface area (Å²) in [4.78, 5) is 8.25. The lowest BCUT2D eigenvalue weighted by molar-refractivity contribution is 0.192. The number of nitrogens with zero attached hydrogens (tertiary/aromatic N) is 2. The molecule has 0 bridgehead atoms. The zero-order valence-electron chi connectivity index (χ0n) is 13.0. The van der Waals surface area contributed by atoms with E-state index >= 15 is 0 Å². The summed E-state index contributed by atoms with van der Waals surface area (Å²) in [6.07, 6.45) is 5.81. The third-order valence-electron chi connectivity index (χ3n) is 5.10. The Hall–Kier alpha value is -2.14. The summed E-state index contributed by atoms with van der Waals surface area (Å²) in [6.45, 7) is 1.48. The number of fused-ring (bicyclic) bond motifs is 3. The lowest BCUT2D eigenvalue weighted by Gasteiger charge is -2.10. The van der Waals surface area contributed by atoms with Crippen LogP contribution in [0, 0.1) is 0 Å². The highest BCUT2D eigenvalue weighted by molar-refractivity contribution is 5.95. The molecule has 23 heavy (non-hydrogen) atoms. The molecule has 0 amide bonds. The molecule has 5 rings (SSSR count). The molecule has 1 aliphatic heterocycles. The second-order valence-corrected chi connectivity index (χ2v) is 6.54. The smallest absolute Gasteiger partial charge is 0.260 e. The highest BCUT2D eigenvalue weighted by Gasteiger charge is 2.25. The number of hydrogen-bond donors (Lipinski definition) is 1. The van der Waals surface area contributed by atoms with Gasteiger partial charge in [0.25, 0.3) is 5.89 Å². The Morgan fingerprint density at radius 3 is 3.04 bits per heavy atom. The average Bonchev–Trinajstić information content (AvgIpc) is 3.32. The van der Waals surface area contributed by atoms with Crippen LogP contribution in [0.1, 0.15) is 42.3 Å². The minimum atomic E-state index is 0.267. The van der Waals surface area contributed by atoms with E-state index in [9.17, 15) is 0 Å². The number of aromatic nitrogens is 3. The largest absolute Gasteiger partial charge is 0.381 e. The van der Waals surface area contributed by atoms with Crippen LogP contribution in [-0.2, 0) is 17.6 Å². The summed E-state index contributed by atoms with van der Waals surface area (Å²) >= 11 is 0. The van der Waals surface area contributed by atoms with Crippen LogP contribution in [0.4, 0.5) is 0 Å². The fraction of sp³-hybridized carbons (Fsp3) is 0.444. The van der Waals surface area contributed by atoms with E-state index in [1.165, 1.54) is 29.5 Å². The molecule has 1 aromatic carbocycles. The van der Waals surface area contributed by atoms with Crippen molar-refractivity contribution in [3.8, 4) is 11.5 Å². The molecule has 3 aromatic rings. The van der Waals surface area contributed by atoms with Crippen LogP contribution in [0.3, 0.4) is 0 Å². The molecule has 1 saturated heterocycles. The molecule has 1 aliphatic carbocycles. The molecule has 2 aliphatic rings. The number of aromatic amines is 1. The molecule has 3 heterocycles. The number of H-pyrrole nitrogens is 1. The summed E-state index contributed by atoms with van der Waals surface area (Å²) in [6, 6.07) is 6.34. The fourth-order valence-electron chi connectivity index (χ4n) is 3.86. The number of benzene rings is 1. The Bertz CT molecular complexity index is 858. The quantitative estimate of drug-likeness (QED) is 0.785. The Morgan fingerprint density at radius 2 is 2.13 bits per heavy atom. The van der Waals surface area contributed by atoms with E-state index in [0.717, 1.165) is 42.8 Å². The minimum Gasteiger partial charge on any atom is -0.381 e. The Balaban J connectivity index is 1.61. The summed E-state index contributed by atoms with van der Waals surface area (Å²) in [5.41, 5.74) is 4.99. The Kier molecular flexibility index (Phi) is 3.01. The molecule has 5 heteroatoms. The van der Waals surface area contributed by atoms with E-state index in [1.807, 2.05) is 0 Å². The number of para-hydroxylation sites is 1. The number of aryl methyl sites for hydroxylation is 2. The molecule has 1 N–H and O–H groups in total. The molecular weight excluding hydrogens is 290 g/mol. The van der Waals surface area contributed by atoms with Crippen molar-refractivity contribution < 1.29 is 9.26 Å². The molecule has 1 unspecified atom stereocenters. The van der Waals surface area contributed by atoms with E-state index in [-0.39, 0.29) is 5.92 Å². The van der Waals surface area contributed by atoms with E-state index in [1.54, 1.807) is 0 Å². The van der Waals surface area contributed by atoms with Gasteiger partial charge in [0, 0.05) is 23.6 Å². The summed E-state index contributed by atoms with van der Waals surface area (Å²) in [7, 11) is 0. The van der Waals surface area contributed by atoms with E-state index in [0.29, 0.717) is 12.5 Å². The Morgan fingerprint density at radius 1 is 1.17 bits per heavy atom. The molecule has 5 nitrogen and oxygen atoms in total. The van der Waals surface area contributed by atoms with E-state index in [4.69, 9.17) is 9.26 Å². The van der Waals surface area contributed by atoms with Crippen molar-refractivity contribution in [1.29, 1.82) is 0 Å². The predicted octanol–water partition coefficient (Wildman–Crippen LogP) is 3.60. The van der Waals surface area contributed by atoms with Gasteiger partial charge >= 0.3 is 0 Å². The van der Waals surface area contributed by atoms with Crippen molar-refractivity contribution in [2.75, 3.05) is 13.2 Å². The average molecular weight is 309 g/mol. The monoisotopic (exact) mass is 309 g/mol. The van der Waals surface area contributed by atoms with Gasteiger partial charge < -0.3 is 14.2 Å². The topological polar surface area (TPSA) is 63.9 Å². The number of nitrogens with one attached hydrogen (secondary N) is 1. The van der Waals surface area contributed by atoms with Crippen LogP contribution in [0.15, 0.2) is 22.7 Å². The normalized spacial score (nSPS) is 21.0. The van der Waals surface area contributed by atoms with Crippen LogP contribution in [0.5, 0.6) is 0 Å². The lowest BCUT2D eigenvalue weighted by atomic mass is 9.95. The first-order chi connectivity index (χ1) is 11.4. The first-order valence-corrected chi connectivity index (χ1v) is 8.44. The third kappa shape index (κ3) is 2.10. The second-order valence-electron chi connectivity index (χ2n) is 6.54. The van der Waals surface area contributed by atoms with Crippen LogP contribution in [0.2, 0.25) is 0 Å². The van der Waals surface area contributed by atoms with Gasteiger partial charge in [-0.2, -0.15) is 4.98 Å². The predicted molar refractivity (Wildman–Crippen MR) is 86.4 cm³/mol. The maximum Gasteiger partial charge on any atom is 0.260 e. The molecule has 1 atom stereocenters. The second kappa shape index (κ2) is 5.20. The van der Waals surface area contributed by atoms with Gasteiger partial charge in [-0.1, -0.05) is 17.3 Å². The van der Waals surface area contributed by atoms with Gasteiger partial charge in [0.05, 0.1) is 17.7 Å². The maximum absolute atomic E-state index is 5.57. The van der Waals surface area contributed by atoms with Gasteiger partial charge in [-0.3, -0.25) is 0 Å². The summed E-state index contributed by atoms with van der Waals surface area (Å²) in [5.74, 6) is 1.64. The molecule has 1 fully saturated rings. The number of ether oxygens (including phenoxy) is 1. The van der Waals surface area contributed by atoms with Crippen molar-refractivity contribution >= 4 is 10.9 Å². The van der Waals surface area contributed by atoms with Gasteiger partial charge in [-0.15, -0.1) is 0 Å². The molecule has 2 aromatic heterocycles. The van der Waals surface area contributed by atoms with Gasteiger partial charge in [0.1, 0.15) is 0 Å². The maximum atomic E-state index is 5.57. The first kappa shape index (κ1) is 13.3. The van der Waals surface area contributed by atoms with Crippen molar-refractivity contribution in [1.82, 2.24) is 15.1 Å². The molecular formula is C18H19N3O2. The van der Waals surface area contributed by atoms with Gasteiger partial charge in [0.2, 0.25) is 0 Å². The van der Waals surface area contributed by atoms with Crippen LogP contribution in [0.25, 0.3) is 22.4 Å². The first-order valence-electron chi connectivity index (χ1n) is 8.44. The fourth-order valence-corrected chi connectivity index (χ4v) is 3.86. The summed E-state index contributed by atoms with van der Waals surface area (Å²) < 4.78 is 11.0. The molecule has 0 spiro atoms. The molecule has 0 radical (unpaired) electrons. The zero-order chi connectivity index (χ0) is 15.2. The van der Waals surface area contributed by atoms with Crippen LogP contribution < -0.4 is 0 Å². The van der Waals surface area contributed by atoms with Gasteiger partial charge in [0.15, 0.2) is 5.82 Å². The van der Waals surface area contributed by atoms with Crippen molar-refractivity contribution in [3.63, 3.8) is 0 Å². The van der Waals surface area contributed by atoms with Gasteiger partial charge in [-0.05, 0) is 43.7 Å². The molecule has 118 valence electrons. The number of hydrogen-bond acceptors (Lipinski definition) is 4. The standard InChI is InChI=1S/C18H19N3O2/c1-2-7-15-12(4-1)13-5-3-6-14(16(13)19-15)18-20-17(21-23-18)11-8-9-22-10-11/h3,5-6,11,19H,1-2,4,7-10H2. The lowest BCUT2D eigenvalue weighted by Crippen LogP contribution is -1.99.